The maximum atomic E-state index is 4.84. The Hall–Kier alpha value is -2.41. The summed E-state index contributed by atoms with van der Waals surface area (Å²) in [6.07, 6.45) is 7.75. The maximum Gasteiger partial charge on any atom is 0.157 e. The Bertz CT molecular complexity index is 845. The molecule has 0 radical (unpaired) electrons. The Morgan fingerprint density at radius 2 is 2.04 bits per heavy atom. The summed E-state index contributed by atoms with van der Waals surface area (Å²) in [5.41, 5.74) is 3.56. The standard InChI is InChI=1S/C17H21N7/c1-5-19-23(9-1)12-13-10-22(11-13)17-14-2-6-18-7-3-15(14)21-16-4-8-20-24(16)17/h1,4-5,8-9,13,18H,2-3,6-7,10-12H2. The lowest BCUT2D eigenvalue weighted by molar-refractivity contribution is 0.338. The van der Waals surface area contributed by atoms with Gasteiger partial charge in [0.2, 0.25) is 0 Å². The van der Waals surface area contributed by atoms with Crippen LogP contribution in [-0.4, -0.2) is 50.6 Å². The highest BCUT2D eigenvalue weighted by Gasteiger charge is 2.32. The molecule has 7 heteroatoms. The van der Waals surface area contributed by atoms with Gasteiger partial charge < -0.3 is 10.2 Å². The summed E-state index contributed by atoms with van der Waals surface area (Å²) in [6, 6.07) is 3.99. The number of aromatic nitrogens is 5. The summed E-state index contributed by atoms with van der Waals surface area (Å²) in [5, 5.41) is 12.3. The van der Waals surface area contributed by atoms with Crippen LogP contribution in [0.15, 0.2) is 30.7 Å². The largest absolute Gasteiger partial charge is 0.355 e. The van der Waals surface area contributed by atoms with Crippen LogP contribution in [0.25, 0.3) is 5.65 Å². The van der Waals surface area contributed by atoms with Crippen molar-refractivity contribution >= 4 is 11.5 Å². The third kappa shape index (κ3) is 2.27. The molecule has 5 rings (SSSR count). The Morgan fingerprint density at radius 3 is 2.92 bits per heavy atom. The molecule has 0 spiro atoms. The first-order chi connectivity index (χ1) is 11.9. The predicted molar refractivity (Wildman–Crippen MR) is 91.2 cm³/mol. The van der Waals surface area contributed by atoms with E-state index in [4.69, 9.17) is 4.98 Å². The predicted octanol–water partition coefficient (Wildman–Crippen LogP) is 0.750. The Kier molecular flexibility index (Phi) is 3.26. The number of nitrogens with one attached hydrogen (secondary N) is 1. The summed E-state index contributed by atoms with van der Waals surface area (Å²) in [4.78, 5) is 7.30. The highest BCUT2D eigenvalue weighted by molar-refractivity contribution is 5.58. The average Bonchev–Trinajstić information content (AvgIpc) is 3.16. The molecular formula is C17H21N7. The number of hydrogen-bond acceptors (Lipinski definition) is 5. The summed E-state index contributed by atoms with van der Waals surface area (Å²) >= 11 is 0. The summed E-state index contributed by atoms with van der Waals surface area (Å²) < 4.78 is 4.05. The van der Waals surface area contributed by atoms with Crippen molar-refractivity contribution in [3.8, 4) is 0 Å². The van der Waals surface area contributed by atoms with Gasteiger partial charge >= 0.3 is 0 Å². The molecule has 24 heavy (non-hydrogen) atoms. The van der Waals surface area contributed by atoms with E-state index in [0.29, 0.717) is 5.92 Å². The van der Waals surface area contributed by atoms with Gasteiger partial charge in [-0.15, -0.1) is 0 Å². The molecule has 124 valence electrons. The minimum absolute atomic E-state index is 0.642. The van der Waals surface area contributed by atoms with E-state index < -0.39 is 0 Å². The minimum atomic E-state index is 0.642. The van der Waals surface area contributed by atoms with Crippen molar-refractivity contribution in [3.63, 3.8) is 0 Å². The van der Waals surface area contributed by atoms with Crippen LogP contribution in [0.2, 0.25) is 0 Å². The van der Waals surface area contributed by atoms with Crippen LogP contribution in [0.4, 0.5) is 5.82 Å². The molecule has 0 bridgehead atoms. The van der Waals surface area contributed by atoms with Gasteiger partial charge in [-0.1, -0.05) is 0 Å². The topological polar surface area (TPSA) is 63.3 Å². The number of nitrogens with zero attached hydrogens (tertiary/aromatic N) is 6. The number of rotatable bonds is 3. The van der Waals surface area contributed by atoms with E-state index in [1.54, 1.807) is 0 Å². The molecule has 0 amide bonds. The minimum Gasteiger partial charge on any atom is -0.355 e. The van der Waals surface area contributed by atoms with Crippen molar-refractivity contribution in [2.45, 2.75) is 19.4 Å². The van der Waals surface area contributed by atoms with Gasteiger partial charge in [-0.05, 0) is 19.0 Å². The Labute approximate surface area is 140 Å². The molecule has 3 aromatic rings. The van der Waals surface area contributed by atoms with Crippen molar-refractivity contribution in [2.75, 3.05) is 31.1 Å². The molecule has 2 aliphatic rings. The smallest absolute Gasteiger partial charge is 0.157 e. The fourth-order valence-corrected chi connectivity index (χ4v) is 3.87. The van der Waals surface area contributed by atoms with Gasteiger partial charge in [-0.3, -0.25) is 4.68 Å². The SMILES string of the molecule is c1cnn(CC2CN(c3c4c(nc5ccnn35)CCNCC4)C2)c1. The molecule has 0 aromatic carbocycles. The van der Waals surface area contributed by atoms with Crippen LogP contribution < -0.4 is 10.2 Å². The molecule has 0 unspecified atom stereocenters. The van der Waals surface area contributed by atoms with Crippen LogP contribution in [-0.2, 0) is 19.4 Å². The lowest BCUT2D eigenvalue weighted by Gasteiger charge is -2.41. The van der Waals surface area contributed by atoms with Crippen LogP contribution in [0.5, 0.6) is 0 Å². The third-order valence-corrected chi connectivity index (χ3v) is 5.04. The van der Waals surface area contributed by atoms with Crippen molar-refractivity contribution in [1.29, 1.82) is 0 Å². The van der Waals surface area contributed by atoms with Crippen LogP contribution in [0.3, 0.4) is 0 Å². The second-order valence-electron chi connectivity index (χ2n) is 6.71. The number of fused-ring (bicyclic) bond motifs is 2. The first kappa shape index (κ1) is 14.0. The number of hydrogen-bond donors (Lipinski definition) is 1. The van der Waals surface area contributed by atoms with Crippen LogP contribution in [0, 0.1) is 5.92 Å². The lowest BCUT2D eigenvalue weighted by atomic mass is 9.98. The van der Waals surface area contributed by atoms with Crippen molar-refractivity contribution in [2.24, 2.45) is 5.92 Å². The van der Waals surface area contributed by atoms with E-state index in [0.717, 1.165) is 51.2 Å². The molecule has 1 fully saturated rings. The highest BCUT2D eigenvalue weighted by Crippen LogP contribution is 2.31. The van der Waals surface area contributed by atoms with Crippen LogP contribution >= 0.6 is 0 Å². The highest BCUT2D eigenvalue weighted by atomic mass is 15.4. The molecule has 3 aromatic heterocycles. The molecule has 0 saturated carbocycles. The van der Waals surface area contributed by atoms with E-state index in [-0.39, 0.29) is 0 Å². The quantitative estimate of drug-likeness (QED) is 0.771. The van der Waals surface area contributed by atoms with E-state index in [1.165, 1.54) is 17.1 Å². The third-order valence-electron chi connectivity index (χ3n) is 5.04. The van der Waals surface area contributed by atoms with Gasteiger partial charge in [0.15, 0.2) is 5.65 Å². The van der Waals surface area contributed by atoms with Crippen LogP contribution in [0.1, 0.15) is 11.3 Å². The van der Waals surface area contributed by atoms with Gasteiger partial charge in [0.25, 0.3) is 0 Å². The Balaban J connectivity index is 1.46. The molecule has 1 saturated heterocycles. The van der Waals surface area contributed by atoms with E-state index >= 15 is 0 Å². The molecule has 7 nitrogen and oxygen atoms in total. The fourth-order valence-electron chi connectivity index (χ4n) is 3.87. The molecule has 0 atom stereocenters. The second-order valence-corrected chi connectivity index (χ2v) is 6.71. The van der Waals surface area contributed by atoms with Gasteiger partial charge in [0.1, 0.15) is 5.82 Å². The molecular weight excluding hydrogens is 302 g/mol. The van der Waals surface area contributed by atoms with E-state index in [1.807, 2.05) is 39.9 Å². The van der Waals surface area contributed by atoms with Gasteiger partial charge in [0, 0.05) is 62.5 Å². The monoisotopic (exact) mass is 323 g/mol. The molecule has 1 N–H and O–H groups in total. The summed E-state index contributed by atoms with van der Waals surface area (Å²) in [6.45, 7) is 5.11. The first-order valence-corrected chi connectivity index (χ1v) is 8.67. The molecule has 0 aliphatic carbocycles. The fraction of sp³-hybridized carbons (Fsp3) is 0.471. The van der Waals surface area contributed by atoms with E-state index in [9.17, 15) is 0 Å². The zero-order chi connectivity index (χ0) is 15.9. The molecule has 2 aliphatic heterocycles. The first-order valence-electron chi connectivity index (χ1n) is 8.67. The average molecular weight is 323 g/mol. The van der Waals surface area contributed by atoms with Crippen molar-refractivity contribution < 1.29 is 0 Å². The lowest BCUT2D eigenvalue weighted by Crippen LogP contribution is -2.50. The molecule has 5 heterocycles. The van der Waals surface area contributed by atoms with Gasteiger partial charge in [-0.2, -0.15) is 14.7 Å². The van der Waals surface area contributed by atoms with Gasteiger partial charge in [0.05, 0.1) is 11.9 Å². The Morgan fingerprint density at radius 1 is 1.12 bits per heavy atom. The van der Waals surface area contributed by atoms with E-state index in [2.05, 4.69) is 20.4 Å². The zero-order valence-electron chi connectivity index (χ0n) is 13.6. The summed E-state index contributed by atoms with van der Waals surface area (Å²) in [5.74, 6) is 1.89. The number of anilines is 1. The van der Waals surface area contributed by atoms with Gasteiger partial charge in [-0.25, -0.2) is 4.98 Å². The summed E-state index contributed by atoms with van der Waals surface area (Å²) in [7, 11) is 0. The normalized spacial score (nSPS) is 18.4. The van der Waals surface area contributed by atoms with Crippen molar-refractivity contribution in [1.82, 2.24) is 29.7 Å². The zero-order valence-corrected chi connectivity index (χ0v) is 13.6. The van der Waals surface area contributed by atoms with Crippen molar-refractivity contribution in [3.05, 3.63) is 42.0 Å². The maximum absolute atomic E-state index is 4.84. The second kappa shape index (κ2) is 5.59.